The summed E-state index contributed by atoms with van der Waals surface area (Å²) in [7, 11) is 0. The zero-order valence-corrected chi connectivity index (χ0v) is 9.13. The van der Waals surface area contributed by atoms with E-state index in [0.29, 0.717) is 15.1 Å². The third-order valence-corrected chi connectivity index (χ3v) is 2.74. The van der Waals surface area contributed by atoms with Gasteiger partial charge in [0.05, 0.1) is 10.0 Å². The average molecular weight is 235 g/mol. The van der Waals surface area contributed by atoms with E-state index >= 15 is 0 Å². The standard InChI is InChI=1S/C10H8Cl3/c1-3-6(2)8-4-7(11)5-9(12)10(8)13/h3-6H,1-2H2. The Hall–Kier alpha value is -0.170. The van der Waals surface area contributed by atoms with Crippen molar-refractivity contribution in [2.45, 2.75) is 5.92 Å². The molecule has 0 aliphatic heterocycles. The molecule has 13 heavy (non-hydrogen) atoms. The molecule has 1 aromatic rings. The summed E-state index contributed by atoms with van der Waals surface area (Å²) in [6.45, 7) is 7.48. The molecular formula is C10H8Cl3. The summed E-state index contributed by atoms with van der Waals surface area (Å²) in [6.07, 6.45) is 1.69. The van der Waals surface area contributed by atoms with Gasteiger partial charge in [0.25, 0.3) is 0 Å². The molecule has 0 saturated carbocycles. The van der Waals surface area contributed by atoms with Crippen molar-refractivity contribution in [1.82, 2.24) is 0 Å². The van der Waals surface area contributed by atoms with Crippen LogP contribution in [0.25, 0.3) is 0 Å². The van der Waals surface area contributed by atoms with Gasteiger partial charge in [0.15, 0.2) is 0 Å². The molecule has 0 amide bonds. The Morgan fingerprint density at radius 3 is 2.38 bits per heavy atom. The summed E-state index contributed by atoms with van der Waals surface area (Å²) in [4.78, 5) is 0. The highest BCUT2D eigenvalue weighted by Gasteiger charge is 2.10. The first kappa shape index (κ1) is 10.9. The molecule has 0 aliphatic carbocycles. The first-order chi connectivity index (χ1) is 6.06. The Labute approximate surface area is 93.1 Å². The fourth-order valence-corrected chi connectivity index (χ4v) is 1.73. The fraction of sp³-hybridized carbons (Fsp3) is 0.100. The Morgan fingerprint density at radius 2 is 1.85 bits per heavy atom. The van der Waals surface area contributed by atoms with E-state index in [2.05, 4.69) is 13.5 Å². The quantitative estimate of drug-likeness (QED) is 0.512. The molecule has 0 saturated heterocycles. The smallest absolute Gasteiger partial charge is 0.0631 e. The van der Waals surface area contributed by atoms with Gasteiger partial charge in [-0.2, -0.15) is 0 Å². The second-order valence-electron chi connectivity index (χ2n) is 2.63. The predicted molar refractivity (Wildman–Crippen MR) is 59.8 cm³/mol. The molecule has 0 bridgehead atoms. The second-order valence-corrected chi connectivity index (χ2v) is 3.85. The van der Waals surface area contributed by atoms with Crippen molar-refractivity contribution in [3.63, 3.8) is 0 Å². The summed E-state index contributed by atoms with van der Waals surface area (Å²) in [5, 5.41) is 1.49. The van der Waals surface area contributed by atoms with Crippen molar-refractivity contribution in [1.29, 1.82) is 0 Å². The van der Waals surface area contributed by atoms with Gasteiger partial charge in [-0.1, -0.05) is 40.9 Å². The molecular weight excluding hydrogens is 226 g/mol. The van der Waals surface area contributed by atoms with Gasteiger partial charge in [0.1, 0.15) is 0 Å². The number of halogens is 3. The van der Waals surface area contributed by atoms with E-state index in [1.807, 2.05) is 0 Å². The van der Waals surface area contributed by atoms with Crippen LogP contribution in [0.1, 0.15) is 11.5 Å². The SMILES string of the molecule is [CH2]C(C=C)c1cc(Cl)cc(Cl)c1Cl. The van der Waals surface area contributed by atoms with Crippen LogP contribution in [0, 0.1) is 6.92 Å². The van der Waals surface area contributed by atoms with Crippen molar-refractivity contribution in [2.75, 3.05) is 0 Å². The van der Waals surface area contributed by atoms with Gasteiger partial charge in [-0.05, 0) is 24.6 Å². The van der Waals surface area contributed by atoms with Crippen LogP contribution < -0.4 is 0 Å². The molecule has 0 N–H and O–H groups in total. The van der Waals surface area contributed by atoms with Gasteiger partial charge in [-0.15, -0.1) is 6.58 Å². The van der Waals surface area contributed by atoms with Crippen molar-refractivity contribution >= 4 is 34.8 Å². The van der Waals surface area contributed by atoms with Gasteiger partial charge >= 0.3 is 0 Å². The number of hydrogen-bond donors (Lipinski definition) is 0. The minimum Gasteiger partial charge on any atom is -0.102 e. The van der Waals surface area contributed by atoms with E-state index in [1.165, 1.54) is 0 Å². The van der Waals surface area contributed by atoms with E-state index in [1.54, 1.807) is 18.2 Å². The Morgan fingerprint density at radius 1 is 1.23 bits per heavy atom. The van der Waals surface area contributed by atoms with E-state index in [9.17, 15) is 0 Å². The summed E-state index contributed by atoms with van der Waals surface area (Å²) >= 11 is 17.6. The summed E-state index contributed by atoms with van der Waals surface area (Å²) in [5.41, 5.74) is 0.800. The molecule has 1 atom stereocenters. The van der Waals surface area contributed by atoms with Crippen LogP contribution in [-0.4, -0.2) is 0 Å². The maximum atomic E-state index is 5.96. The Kier molecular flexibility index (Phi) is 3.66. The van der Waals surface area contributed by atoms with Gasteiger partial charge in [-0.3, -0.25) is 0 Å². The molecule has 1 aromatic carbocycles. The van der Waals surface area contributed by atoms with Crippen LogP contribution in [0.3, 0.4) is 0 Å². The van der Waals surface area contributed by atoms with Crippen LogP contribution >= 0.6 is 34.8 Å². The Bertz CT molecular complexity index is 331. The lowest BCUT2D eigenvalue weighted by atomic mass is 10.0. The zero-order chi connectivity index (χ0) is 10.0. The molecule has 1 rings (SSSR count). The van der Waals surface area contributed by atoms with Crippen LogP contribution in [0.15, 0.2) is 24.8 Å². The monoisotopic (exact) mass is 233 g/mol. The summed E-state index contributed by atoms with van der Waals surface area (Å²) < 4.78 is 0. The van der Waals surface area contributed by atoms with E-state index in [0.717, 1.165) is 5.56 Å². The van der Waals surface area contributed by atoms with Crippen molar-refractivity contribution in [3.05, 3.63) is 52.3 Å². The van der Waals surface area contributed by atoms with Gasteiger partial charge in [-0.25, -0.2) is 0 Å². The highest BCUT2D eigenvalue weighted by atomic mass is 35.5. The third kappa shape index (κ3) is 2.40. The molecule has 0 heterocycles. The molecule has 69 valence electrons. The molecule has 0 nitrogen and oxygen atoms in total. The first-order valence-corrected chi connectivity index (χ1v) is 4.79. The van der Waals surface area contributed by atoms with Crippen LogP contribution in [0.5, 0.6) is 0 Å². The highest BCUT2D eigenvalue weighted by molar-refractivity contribution is 6.43. The summed E-state index contributed by atoms with van der Waals surface area (Å²) in [6, 6.07) is 3.35. The normalized spacial score (nSPS) is 12.6. The van der Waals surface area contributed by atoms with E-state index in [-0.39, 0.29) is 5.92 Å². The topological polar surface area (TPSA) is 0 Å². The van der Waals surface area contributed by atoms with Crippen LogP contribution in [0.2, 0.25) is 15.1 Å². The number of allylic oxidation sites excluding steroid dienone is 1. The third-order valence-electron chi connectivity index (χ3n) is 1.71. The van der Waals surface area contributed by atoms with E-state index < -0.39 is 0 Å². The minimum absolute atomic E-state index is 0.0938. The second kappa shape index (κ2) is 4.36. The maximum absolute atomic E-state index is 5.96. The molecule has 3 heteroatoms. The molecule has 0 aliphatic rings. The van der Waals surface area contributed by atoms with Gasteiger partial charge in [0, 0.05) is 10.9 Å². The molecule has 1 unspecified atom stereocenters. The van der Waals surface area contributed by atoms with Crippen molar-refractivity contribution < 1.29 is 0 Å². The lowest BCUT2D eigenvalue weighted by molar-refractivity contribution is 1.09. The molecule has 0 spiro atoms. The predicted octanol–water partition coefficient (Wildman–Crippen LogP) is 4.75. The lowest BCUT2D eigenvalue weighted by Gasteiger charge is -2.10. The van der Waals surface area contributed by atoms with E-state index in [4.69, 9.17) is 34.8 Å². The fourth-order valence-electron chi connectivity index (χ4n) is 0.973. The van der Waals surface area contributed by atoms with Gasteiger partial charge in [0.2, 0.25) is 0 Å². The van der Waals surface area contributed by atoms with Crippen LogP contribution in [-0.2, 0) is 0 Å². The lowest BCUT2D eigenvalue weighted by Crippen LogP contribution is -1.91. The van der Waals surface area contributed by atoms with Gasteiger partial charge < -0.3 is 0 Å². The number of hydrogen-bond acceptors (Lipinski definition) is 0. The molecule has 0 aromatic heterocycles. The summed E-state index contributed by atoms with van der Waals surface area (Å²) in [5.74, 6) is -0.0938. The zero-order valence-electron chi connectivity index (χ0n) is 6.86. The Balaban J connectivity index is 3.27. The number of benzene rings is 1. The number of rotatable bonds is 2. The minimum atomic E-state index is -0.0938. The average Bonchev–Trinajstić information content (AvgIpc) is 2.10. The van der Waals surface area contributed by atoms with Crippen LogP contribution in [0.4, 0.5) is 0 Å². The first-order valence-electron chi connectivity index (χ1n) is 3.66. The highest BCUT2D eigenvalue weighted by Crippen LogP contribution is 2.34. The molecule has 0 fully saturated rings. The van der Waals surface area contributed by atoms with Crippen molar-refractivity contribution in [3.8, 4) is 0 Å². The maximum Gasteiger partial charge on any atom is 0.0631 e. The van der Waals surface area contributed by atoms with Crippen molar-refractivity contribution in [2.24, 2.45) is 0 Å². The molecule has 1 radical (unpaired) electrons. The largest absolute Gasteiger partial charge is 0.102 e.